The van der Waals surface area contributed by atoms with Crippen LogP contribution in [0.25, 0.3) is 10.9 Å². The number of para-hydroxylation sites is 1. The van der Waals surface area contributed by atoms with Gasteiger partial charge >= 0.3 is 0 Å². The summed E-state index contributed by atoms with van der Waals surface area (Å²) in [6.45, 7) is 4.06. The van der Waals surface area contributed by atoms with Crippen LogP contribution in [0.15, 0.2) is 64.6 Å². The largest absolute Gasteiger partial charge is 0.503 e. The topological polar surface area (TPSA) is 75.7 Å². The van der Waals surface area contributed by atoms with Gasteiger partial charge in [-0.1, -0.05) is 32.0 Å². The van der Waals surface area contributed by atoms with Gasteiger partial charge in [0, 0.05) is 36.1 Å². The fourth-order valence-corrected chi connectivity index (χ4v) is 4.07. The van der Waals surface area contributed by atoms with E-state index in [1.54, 1.807) is 18.4 Å². The van der Waals surface area contributed by atoms with Crippen LogP contribution in [0.5, 0.6) is 0 Å². The van der Waals surface area contributed by atoms with E-state index < -0.39 is 17.7 Å². The van der Waals surface area contributed by atoms with Crippen LogP contribution in [-0.4, -0.2) is 26.3 Å². The molecule has 1 aliphatic rings. The Morgan fingerprint density at radius 3 is 2.66 bits per heavy atom. The van der Waals surface area contributed by atoms with E-state index in [1.165, 1.54) is 4.90 Å². The van der Waals surface area contributed by atoms with Crippen LogP contribution in [0.3, 0.4) is 0 Å². The third-order valence-electron chi connectivity index (χ3n) is 5.33. The molecule has 0 spiro atoms. The molecule has 1 amide bonds. The summed E-state index contributed by atoms with van der Waals surface area (Å²) in [5, 5.41) is 11.6. The number of aromatic nitrogens is 1. The maximum Gasteiger partial charge on any atom is 0.290 e. The molecule has 0 radical (unpaired) electrons. The number of carbonyl (C=O) groups excluding carboxylic acids is 2. The molecule has 150 valence electrons. The lowest BCUT2D eigenvalue weighted by Crippen LogP contribution is -2.30. The lowest BCUT2D eigenvalue weighted by atomic mass is 9.92. The molecule has 4 rings (SSSR count). The number of nitrogens with zero attached hydrogens (tertiary/aromatic N) is 2. The number of aryl methyl sites for hydroxylation is 1. The lowest BCUT2D eigenvalue weighted by molar-refractivity contribution is -0.130. The monoisotopic (exact) mass is 392 g/mol. The van der Waals surface area contributed by atoms with Gasteiger partial charge in [-0.2, -0.15) is 0 Å². The van der Waals surface area contributed by atoms with Gasteiger partial charge < -0.3 is 19.0 Å². The van der Waals surface area contributed by atoms with Gasteiger partial charge in [-0.25, -0.2) is 0 Å². The number of fused-ring (bicyclic) bond motifs is 1. The summed E-state index contributed by atoms with van der Waals surface area (Å²) < 4.78 is 7.40. The number of hydrogen-bond donors (Lipinski definition) is 1. The molecule has 3 aromatic rings. The Labute approximate surface area is 169 Å². The highest BCUT2D eigenvalue weighted by Crippen LogP contribution is 2.42. The van der Waals surface area contributed by atoms with Crippen LogP contribution < -0.4 is 0 Å². The van der Waals surface area contributed by atoms with Crippen LogP contribution >= 0.6 is 0 Å². The Hall–Kier alpha value is -3.28. The number of benzene rings is 1. The van der Waals surface area contributed by atoms with Crippen molar-refractivity contribution in [3.8, 4) is 0 Å². The first-order valence-corrected chi connectivity index (χ1v) is 9.72. The number of carbonyl (C=O) groups is 2. The molecular weight excluding hydrogens is 368 g/mol. The molecule has 6 heteroatoms. The molecule has 1 N–H and O–H groups in total. The van der Waals surface area contributed by atoms with Gasteiger partial charge in [-0.05, 0) is 24.1 Å². The number of aliphatic hydroxyl groups excluding tert-OH is 1. The van der Waals surface area contributed by atoms with E-state index in [-0.39, 0.29) is 30.2 Å². The van der Waals surface area contributed by atoms with Gasteiger partial charge in [0.1, 0.15) is 5.76 Å². The minimum absolute atomic E-state index is 0.116. The Morgan fingerprint density at radius 1 is 1.21 bits per heavy atom. The Bertz CT molecular complexity index is 1110. The fraction of sp³-hybridized carbons (Fsp3) is 0.304. The maximum atomic E-state index is 13.1. The molecule has 0 bridgehead atoms. The van der Waals surface area contributed by atoms with Crippen molar-refractivity contribution >= 4 is 22.6 Å². The summed E-state index contributed by atoms with van der Waals surface area (Å²) in [4.78, 5) is 27.6. The first kappa shape index (κ1) is 19.1. The zero-order chi connectivity index (χ0) is 20.7. The molecule has 0 fully saturated rings. The smallest absolute Gasteiger partial charge is 0.290 e. The van der Waals surface area contributed by atoms with Crippen LogP contribution in [0, 0.1) is 5.92 Å². The third kappa shape index (κ3) is 3.24. The highest BCUT2D eigenvalue weighted by molar-refractivity contribution is 6.09. The Morgan fingerprint density at radius 2 is 1.97 bits per heavy atom. The predicted octanol–water partition coefficient (Wildman–Crippen LogP) is 4.28. The number of furan rings is 1. The van der Waals surface area contributed by atoms with Crippen molar-refractivity contribution in [2.45, 2.75) is 32.9 Å². The van der Waals surface area contributed by atoms with Crippen molar-refractivity contribution in [2.24, 2.45) is 13.0 Å². The molecule has 3 heterocycles. The van der Waals surface area contributed by atoms with E-state index in [1.807, 2.05) is 55.9 Å². The van der Waals surface area contributed by atoms with Crippen molar-refractivity contribution in [1.29, 1.82) is 0 Å². The first-order valence-electron chi connectivity index (χ1n) is 9.72. The van der Waals surface area contributed by atoms with Gasteiger partial charge in [0.15, 0.2) is 11.5 Å². The third-order valence-corrected chi connectivity index (χ3v) is 5.33. The number of hydrogen-bond acceptors (Lipinski definition) is 4. The summed E-state index contributed by atoms with van der Waals surface area (Å²) >= 11 is 0. The van der Waals surface area contributed by atoms with E-state index in [9.17, 15) is 14.7 Å². The molecule has 1 unspecified atom stereocenters. The SMILES string of the molecule is CC(C)CC(=O)C1=C(O)C(=O)N(Cc2ccco2)C1c1cn(C)c2ccccc12. The fourth-order valence-electron chi connectivity index (χ4n) is 4.07. The van der Waals surface area contributed by atoms with Crippen LogP contribution in [-0.2, 0) is 23.2 Å². The average Bonchev–Trinajstić information content (AvgIpc) is 3.36. The number of Topliss-reactive ketones (excluding diaryl/α,β-unsaturated/α-hetero) is 1. The van der Waals surface area contributed by atoms with Gasteiger partial charge in [0.25, 0.3) is 5.91 Å². The molecule has 1 aromatic carbocycles. The van der Waals surface area contributed by atoms with Crippen LogP contribution in [0.4, 0.5) is 0 Å². The first-order chi connectivity index (χ1) is 13.9. The van der Waals surface area contributed by atoms with Gasteiger partial charge in [-0.15, -0.1) is 0 Å². The van der Waals surface area contributed by atoms with E-state index >= 15 is 0 Å². The maximum absolute atomic E-state index is 13.1. The zero-order valence-electron chi connectivity index (χ0n) is 16.8. The lowest BCUT2D eigenvalue weighted by Gasteiger charge is -2.25. The molecule has 29 heavy (non-hydrogen) atoms. The molecule has 0 saturated heterocycles. The predicted molar refractivity (Wildman–Crippen MR) is 109 cm³/mol. The Balaban J connectivity index is 1.87. The van der Waals surface area contributed by atoms with Crippen LogP contribution in [0.2, 0.25) is 0 Å². The van der Waals surface area contributed by atoms with E-state index in [0.717, 1.165) is 16.5 Å². The van der Waals surface area contributed by atoms with Gasteiger partial charge in [-0.3, -0.25) is 9.59 Å². The normalized spacial score (nSPS) is 17.2. The van der Waals surface area contributed by atoms with Crippen LogP contribution in [0.1, 0.15) is 37.6 Å². The number of aliphatic hydroxyl groups is 1. The minimum Gasteiger partial charge on any atom is -0.503 e. The van der Waals surface area contributed by atoms with Crippen molar-refractivity contribution in [1.82, 2.24) is 9.47 Å². The molecule has 1 aliphatic heterocycles. The van der Waals surface area contributed by atoms with Crippen molar-refractivity contribution in [2.75, 3.05) is 0 Å². The standard InChI is InChI=1S/C23H24N2O4/c1-14(2)11-19(26)20-21(17-13-24(3)18-9-5-4-8-16(17)18)25(23(28)22(20)27)12-15-7-6-10-29-15/h4-10,13-14,21,27H,11-12H2,1-3H3. The quantitative estimate of drug-likeness (QED) is 0.679. The zero-order valence-corrected chi connectivity index (χ0v) is 16.8. The highest BCUT2D eigenvalue weighted by atomic mass is 16.3. The number of amides is 1. The summed E-state index contributed by atoms with van der Waals surface area (Å²) in [5.74, 6) is -0.503. The molecule has 2 aromatic heterocycles. The number of ketones is 1. The van der Waals surface area contributed by atoms with Crippen molar-refractivity contribution < 1.29 is 19.1 Å². The molecule has 6 nitrogen and oxygen atoms in total. The molecule has 1 atom stereocenters. The van der Waals surface area contributed by atoms with Crippen molar-refractivity contribution in [3.63, 3.8) is 0 Å². The second-order valence-electron chi connectivity index (χ2n) is 7.91. The van der Waals surface area contributed by atoms with Gasteiger partial charge in [0.2, 0.25) is 0 Å². The van der Waals surface area contributed by atoms with E-state index in [0.29, 0.717) is 5.76 Å². The van der Waals surface area contributed by atoms with Crippen molar-refractivity contribution in [3.05, 3.63) is 71.5 Å². The Kier molecular flexibility index (Phi) is 4.78. The summed E-state index contributed by atoms with van der Waals surface area (Å²) in [6, 6.07) is 10.7. The second-order valence-corrected chi connectivity index (χ2v) is 7.91. The molecule has 0 saturated carbocycles. The highest BCUT2D eigenvalue weighted by Gasteiger charge is 2.44. The molecule has 0 aliphatic carbocycles. The second kappa shape index (κ2) is 7.28. The average molecular weight is 392 g/mol. The summed E-state index contributed by atoms with van der Waals surface area (Å²) in [7, 11) is 1.93. The summed E-state index contributed by atoms with van der Waals surface area (Å²) in [5.41, 5.74) is 1.99. The molecular formula is C23H24N2O4. The summed E-state index contributed by atoms with van der Waals surface area (Å²) in [6.07, 6.45) is 3.74. The number of rotatable bonds is 6. The van der Waals surface area contributed by atoms with E-state index in [4.69, 9.17) is 4.42 Å². The van der Waals surface area contributed by atoms with Gasteiger partial charge in [0.05, 0.1) is 24.4 Å². The minimum atomic E-state index is -0.662. The van der Waals surface area contributed by atoms with E-state index in [2.05, 4.69) is 0 Å².